The number of hydrazone groups is 1. The van der Waals surface area contributed by atoms with Crippen molar-refractivity contribution in [3.63, 3.8) is 0 Å². The third-order valence-corrected chi connectivity index (χ3v) is 4.67. The number of aryl methyl sites for hydroxylation is 1. The van der Waals surface area contributed by atoms with Gasteiger partial charge in [-0.3, -0.25) is 5.43 Å². The fourth-order valence-electron chi connectivity index (χ4n) is 2.39. The van der Waals surface area contributed by atoms with Gasteiger partial charge in [-0.05, 0) is 18.6 Å². The van der Waals surface area contributed by atoms with E-state index in [1.807, 2.05) is 42.5 Å². The van der Waals surface area contributed by atoms with Crippen molar-refractivity contribution in [2.45, 2.75) is 13.3 Å². The van der Waals surface area contributed by atoms with Crippen LogP contribution in [0.1, 0.15) is 17.4 Å². The lowest BCUT2D eigenvalue weighted by molar-refractivity contribution is 0.414. The number of methoxy groups -OCH3 is 1. The molecule has 2 aromatic carbocycles. The molecule has 4 nitrogen and oxygen atoms in total. The van der Waals surface area contributed by atoms with Crippen LogP contribution in [0, 0.1) is 0 Å². The van der Waals surface area contributed by atoms with Crippen molar-refractivity contribution >= 4 is 22.7 Å². The number of hydrogen-bond donors (Lipinski definition) is 1. The molecule has 0 aliphatic rings. The van der Waals surface area contributed by atoms with Crippen molar-refractivity contribution in [1.29, 1.82) is 0 Å². The molecule has 0 bridgehead atoms. The van der Waals surface area contributed by atoms with E-state index in [9.17, 15) is 0 Å². The molecule has 122 valence electrons. The molecule has 0 saturated carbocycles. The van der Waals surface area contributed by atoms with Gasteiger partial charge < -0.3 is 4.74 Å². The highest BCUT2D eigenvalue weighted by Gasteiger charge is 2.11. The number of ether oxygens (including phenoxy) is 1. The minimum Gasteiger partial charge on any atom is -0.496 e. The molecule has 0 atom stereocenters. The fraction of sp³-hybridized carbons (Fsp3) is 0.158. The average Bonchev–Trinajstić information content (AvgIpc) is 3.06. The van der Waals surface area contributed by atoms with E-state index in [1.54, 1.807) is 24.7 Å². The predicted octanol–water partition coefficient (Wildman–Crippen LogP) is 4.83. The lowest BCUT2D eigenvalue weighted by Crippen LogP contribution is -1.93. The Hall–Kier alpha value is -2.66. The summed E-state index contributed by atoms with van der Waals surface area (Å²) < 4.78 is 5.31. The SMILES string of the molecule is CCc1sc(N/N=C/c2ccccc2OC)nc1-c1ccccc1. The van der Waals surface area contributed by atoms with Gasteiger partial charge in [0.25, 0.3) is 0 Å². The number of thiazole rings is 1. The third kappa shape index (κ3) is 3.63. The highest BCUT2D eigenvalue weighted by molar-refractivity contribution is 7.16. The van der Waals surface area contributed by atoms with E-state index in [1.165, 1.54) is 4.88 Å². The zero-order chi connectivity index (χ0) is 16.8. The van der Waals surface area contributed by atoms with Crippen LogP contribution in [-0.2, 0) is 6.42 Å². The lowest BCUT2D eigenvalue weighted by atomic mass is 10.1. The second kappa shape index (κ2) is 7.75. The Kier molecular flexibility index (Phi) is 5.23. The Balaban J connectivity index is 1.79. The summed E-state index contributed by atoms with van der Waals surface area (Å²) >= 11 is 1.63. The third-order valence-electron chi connectivity index (χ3n) is 3.57. The maximum absolute atomic E-state index is 5.31. The fourth-order valence-corrected chi connectivity index (χ4v) is 3.26. The molecule has 24 heavy (non-hydrogen) atoms. The molecule has 5 heteroatoms. The molecular formula is C19H19N3OS. The van der Waals surface area contributed by atoms with E-state index in [2.05, 4.69) is 34.6 Å². The molecule has 0 radical (unpaired) electrons. The molecule has 1 heterocycles. The van der Waals surface area contributed by atoms with Gasteiger partial charge in [-0.25, -0.2) is 4.98 Å². The number of nitrogens with one attached hydrogen (secondary N) is 1. The summed E-state index contributed by atoms with van der Waals surface area (Å²) in [5, 5.41) is 5.08. The molecule has 0 fully saturated rings. The zero-order valence-corrected chi connectivity index (χ0v) is 14.5. The summed E-state index contributed by atoms with van der Waals surface area (Å²) in [5.74, 6) is 0.793. The Morgan fingerprint density at radius 2 is 1.88 bits per heavy atom. The van der Waals surface area contributed by atoms with Gasteiger partial charge in [0.05, 0.1) is 19.0 Å². The topological polar surface area (TPSA) is 46.5 Å². The van der Waals surface area contributed by atoms with Crippen LogP contribution < -0.4 is 10.2 Å². The summed E-state index contributed by atoms with van der Waals surface area (Å²) in [4.78, 5) is 5.93. The summed E-state index contributed by atoms with van der Waals surface area (Å²) in [6.45, 7) is 2.14. The van der Waals surface area contributed by atoms with Gasteiger partial charge in [-0.1, -0.05) is 60.7 Å². The smallest absolute Gasteiger partial charge is 0.204 e. The molecule has 1 aromatic heterocycles. The van der Waals surface area contributed by atoms with E-state index in [0.29, 0.717) is 0 Å². The van der Waals surface area contributed by atoms with Crippen molar-refractivity contribution < 1.29 is 4.74 Å². The van der Waals surface area contributed by atoms with Crippen LogP contribution in [0.5, 0.6) is 5.75 Å². The highest BCUT2D eigenvalue weighted by atomic mass is 32.1. The van der Waals surface area contributed by atoms with Crippen molar-refractivity contribution in [2.75, 3.05) is 12.5 Å². The van der Waals surface area contributed by atoms with Gasteiger partial charge >= 0.3 is 0 Å². The maximum atomic E-state index is 5.31. The second-order valence-corrected chi connectivity index (χ2v) is 6.21. The van der Waals surface area contributed by atoms with Crippen molar-refractivity contribution in [3.8, 4) is 17.0 Å². The second-order valence-electron chi connectivity index (χ2n) is 5.12. The standard InChI is InChI=1S/C19H19N3OS/c1-3-17-18(14-9-5-4-6-10-14)21-19(24-17)22-20-13-15-11-7-8-12-16(15)23-2/h4-13H,3H2,1-2H3,(H,21,22)/b20-13+. The normalized spacial score (nSPS) is 10.9. The molecule has 0 aliphatic heterocycles. The summed E-state index contributed by atoms with van der Waals surface area (Å²) in [5.41, 5.74) is 6.11. The first-order valence-electron chi connectivity index (χ1n) is 7.79. The number of aromatic nitrogens is 1. The zero-order valence-electron chi connectivity index (χ0n) is 13.7. The molecule has 0 amide bonds. The van der Waals surface area contributed by atoms with E-state index in [0.717, 1.165) is 34.1 Å². The van der Waals surface area contributed by atoms with Gasteiger partial charge in [0, 0.05) is 16.0 Å². The molecule has 3 rings (SSSR count). The summed E-state index contributed by atoms with van der Waals surface area (Å²) in [6.07, 6.45) is 2.69. The quantitative estimate of drug-likeness (QED) is 0.518. The molecule has 3 aromatic rings. The van der Waals surface area contributed by atoms with Crippen LogP contribution in [0.25, 0.3) is 11.3 Å². The van der Waals surface area contributed by atoms with E-state index in [4.69, 9.17) is 4.74 Å². The largest absolute Gasteiger partial charge is 0.496 e. The Bertz CT molecular complexity index is 828. The monoisotopic (exact) mass is 337 g/mol. The first-order chi connectivity index (χ1) is 11.8. The average molecular weight is 337 g/mol. The number of para-hydroxylation sites is 1. The molecule has 0 saturated heterocycles. The lowest BCUT2D eigenvalue weighted by Gasteiger charge is -2.02. The maximum Gasteiger partial charge on any atom is 0.204 e. The number of hydrogen-bond acceptors (Lipinski definition) is 5. The van der Waals surface area contributed by atoms with E-state index < -0.39 is 0 Å². The molecule has 0 spiro atoms. The number of anilines is 1. The van der Waals surface area contributed by atoms with Crippen LogP contribution in [0.3, 0.4) is 0 Å². The van der Waals surface area contributed by atoms with Crippen LogP contribution in [0.4, 0.5) is 5.13 Å². The van der Waals surface area contributed by atoms with Crippen LogP contribution in [0.2, 0.25) is 0 Å². The number of nitrogens with zero attached hydrogens (tertiary/aromatic N) is 2. The Morgan fingerprint density at radius 1 is 1.12 bits per heavy atom. The summed E-state index contributed by atoms with van der Waals surface area (Å²) in [7, 11) is 1.65. The Morgan fingerprint density at radius 3 is 2.62 bits per heavy atom. The molecule has 0 unspecified atom stereocenters. The molecule has 0 aliphatic carbocycles. The number of benzene rings is 2. The van der Waals surface area contributed by atoms with E-state index in [-0.39, 0.29) is 0 Å². The minimum atomic E-state index is 0.789. The Labute approximate surface area is 145 Å². The van der Waals surface area contributed by atoms with Crippen molar-refractivity contribution in [3.05, 3.63) is 65.0 Å². The van der Waals surface area contributed by atoms with Gasteiger partial charge in [-0.15, -0.1) is 0 Å². The van der Waals surface area contributed by atoms with Crippen LogP contribution >= 0.6 is 11.3 Å². The molecule has 1 N–H and O–H groups in total. The first-order valence-corrected chi connectivity index (χ1v) is 8.60. The molecular weight excluding hydrogens is 318 g/mol. The van der Waals surface area contributed by atoms with Gasteiger partial charge in [0.2, 0.25) is 5.13 Å². The van der Waals surface area contributed by atoms with Gasteiger partial charge in [0.1, 0.15) is 5.75 Å². The highest BCUT2D eigenvalue weighted by Crippen LogP contribution is 2.31. The van der Waals surface area contributed by atoms with Gasteiger partial charge in [-0.2, -0.15) is 5.10 Å². The van der Waals surface area contributed by atoms with Crippen LogP contribution in [-0.4, -0.2) is 18.3 Å². The van der Waals surface area contributed by atoms with Crippen molar-refractivity contribution in [2.24, 2.45) is 5.10 Å². The van der Waals surface area contributed by atoms with Crippen molar-refractivity contribution in [1.82, 2.24) is 4.98 Å². The van der Waals surface area contributed by atoms with Crippen LogP contribution in [0.15, 0.2) is 59.7 Å². The van der Waals surface area contributed by atoms with Gasteiger partial charge in [0.15, 0.2) is 0 Å². The number of rotatable bonds is 6. The summed E-state index contributed by atoms with van der Waals surface area (Å²) in [6, 6.07) is 18.0. The first kappa shape index (κ1) is 16.2. The van der Waals surface area contributed by atoms with E-state index >= 15 is 0 Å². The minimum absolute atomic E-state index is 0.789. The predicted molar refractivity (Wildman–Crippen MR) is 101 cm³/mol.